The van der Waals surface area contributed by atoms with Crippen LogP contribution in [0.4, 0.5) is 0 Å². The zero-order chi connectivity index (χ0) is 39.6. The van der Waals surface area contributed by atoms with Gasteiger partial charge in [-0.15, -0.1) is 0 Å². The Bertz CT molecular complexity index is 3530. The molecule has 0 aliphatic carbocycles. The first-order chi connectivity index (χ1) is 29.7. The molecule has 0 saturated carbocycles. The molecule has 0 unspecified atom stereocenters. The number of furan rings is 1. The molecule has 0 amide bonds. The third-order valence-corrected chi connectivity index (χ3v) is 11.6. The number of hydrogen-bond donors (Lipinski definition) is 0. The van der Waals surface area contributed by atoms with E-state index in [1.165, 1.54) is 27.1 Å². The second-order valence-electron chi connectivity index (χ2n) is 15.2. The Labute approximate surface area is 345 Å². The first kappa shape index (κ1) is 33.9. The van der Waals surface area contributed by atoms with E-state index in [2.05, 4.69) is 150 Å². The standard InChI is InChI=1S/C55H34N4O/c1-4-14-35(15-5-1)43-31-47-46-29-27-42(55-57-53(37-17-6-2-7-18-37)56-54(58-55)38-19-8-3-9-20-38)34-51(46)60-52(47)50(33-43)59-48-23-13-12-22-44(48)45-28-26-41(32-49(45)59)40-25-24-36-16-10-11-21-39(36)30-40/h1-34H. The molecule has 3 aromatic heterocycles. The Hall–Kier alpha value is -8.15. The summed E-state index contributed by atoms with van der Waals surface area (Å²) in [5.74, 6) is 1.82. The number of rotatable bonds is 6. The molecule has 0 N–H and O–H groups in total. The van der Waals surface area contributed by atoms with Crippen molar-refractivity contribution in [3.8, 4) is 62.1 Å². The average Bonchev–Trinajstić information content (AvgIpc) is 3.87. The second-order valence-corrected chi connectivity index (χ2v) is 15.2. The van der Waals surface area contributed by atoms with E-state index in [4.69, 9.17) is 19.4 Å². The van der Waals surface area contributed by atoms with E-state index in [0.29, 0.717) is 17.5 Å². The molecular weight excluding hydrogens is 733 g/mol. The molecule has 0 saturated heterocycles. The first-order valence-corrected chi connectivity index (χ1v) is 20.2. The van der Waals surface area contributed by atoms with E-state index in [0.717, 1.165) is 72.0 Å². The van der Waals surface area contributed by atoms with Gasteiger partial charge < -0.3 is 8.98 Å². The lowest BCUT2D eigenvalue weighted by Gasteiger charge is -2.12. The van der Waals surface area contributed by atoms with Gasteiger partial charge in [0.05, 0.1) is 16.7 Å². The fourth-order valence-electron chi connectivity index (χ4n) is 8.68. The lowest BCUT2D eigenvalue weighted by atomic mass is 9.99. The maximum absolute atomic E-state index is 7.06. The van der Waals surface area contributed by atoms with E-state index in [1.54, 1.807) is 0 Å². The highest BCUT2D eigenvalue weighted by atomic mass is 16.3. The van der Waals surface area contributed by atoms with Crippen LogP contribution in [0.15, 0.2) is 211 Å². The highest BCUT2D eigenvalue weighted by Gasteiger charge is 2.21. The average molecular weight is 767 g/mol. The summed E-state index contributed by atoms with van der Waals surface area (Å²) >= 11 is 0. The van der Waals surface area contributed by atoms with Crippen LogP contribution in [-0.4, -0.2) is 19.5 Å². The van der Waals surface area contributed by atoms with Crippen LogP contribution in [-0.2, 0) is 0 Å². The lowest BCUT2D eigenvalue weighted by Crippen LogP contribution is -2.00. The molecule has 5 nitrogen and oxygen atoms in total. The predicted octanol–water partition coefficient (Wildman–Crippen LogP) is 14.4. The van der Waals surface area contributed by atoms with Crippen LogP contribution in [0.25, 0.3) is 117 Å². The highest BCUT2D eigenvalue weighted by Crippen LogP contribution is 2.42. The molecule has 0 radical (unpaired) electrons. The van der Waals surface area contributed by atoms with Crippen molar-refractivity contribution in [3.63, 3.8) is 0 Å². The summed E-state index contributed by atoms with van der Waals surface area (Å²) in [4.78, 5) is 15.0. The van der Waals surface area contributed by atoms with Gasteiger partial charge in [-0.2, -0.15) is 0 Å². The van der Waals surface area contributed by atoms with Gasteiger partial charge in [-0.25, -0.2) is 15.0 Å². The van der Waals surface area contributed by atoms with Gasteiger partial charge in [-0.3, -0.25) is 0 Å². The zero-order valence-electron chi connectivity index (χ0n) is 32.3. The van der Waals surface area contributed by atoms with Crippen LogP contribution >= 0.6 is 0 Å². The normalized spacial score (nSPS) is 11.7. The van der Waals surface area contributed by atoms with Gasteiger partial charge >= 0.3 is 0 Å². The molecular formula is C55H34N4O. The summed E-state index contributed by atoms with van der Waals surface area (Å²) in [6, 6.07) is 72.3. The number of benzene rings is 9. The Morgan fingerprint density at radius 2 is 0.867 bits per heavy atom. The Morgan fingerprint density at radius 1 is 0.317 bits per heavy atom. The Morgan fingerprint density at radius 3 is 1.60 bits per heavy atom. The molecule has 60 heavy (non-hydrogen) atoms. The molecule has 3 heterocycles. The monoisotopic (exact) mass is 766 g/mol. The van der Waals surface area contributed by atoms with Crippen LogP contribution < -0.4 is 0 Å². The summed E-state index contributed by atoms with van der Waals surface area (Å²) in [5.41, 5.74) is 12.1. The molecule has 0 aliphatic rings. The summed E-state index contributed by atoms with van der Waals surface area (Å²) in [6.45, 7) is 0. The number of hydrogen-bond acceptors (Lipinski definition) is 4. The van der Waals surface area contributed by atoms with E-state index < -0.39 is 0 Å². The number of para-hydroxylation sites is 1. The number of fused-ring (bicyclic) bond motifs is 7. The SMILES string of the molecule is c1ccc(-c2cc(-n3c4ccccc4c4ccc(-c5ccc6ccccc6c5)cc43)c3oc4cc(-c5nc(-c6ccccc6)nc(-c6ccccc6)n5)ccc4c3c2)cc1. The molecule has 0 bridgehead atoms. The largest absolute Gasteiger partial charge is 0.454 e. The lowest BCUT2D eigenvalue weighted by molar-refractivity contribution is 0.666. The van der Waals surface area contributed by atoms with Crippen molar-refractivity contribution in [2.24, 2.45) is 0 Å². The van der Waals surface area contributed by atoms with Crippen LogP contribution in [0.3, 0.4) is 0 Å². The highest BCUT2D eigenvalue weighted by molar-refractivity contribution is 6.14. The van der Waals surface area contributed by atoms with Gasteiger partial charge in [0, 0.05) is 38.2 Å². The molecule has 12 rings (SSSR count). The third kappa shape index (κ3) is 5.67. The van der Waals surface area contributed by atoms with Crippen molar-refractivity contribution in [2.45, 2.75) is 0 Å². The molecule has 5 heteroatoms. The predicted molar refractivity (Wildman–Crippen MR) is 246 cm³/mol. The molecule has 0 spiro atoms. The smallest absolute Gasteiger partial charge is 0.164 e. The van der Waals surface area contributed by atoms with Gasteiger partial charge in [-0.1, -0.05) is 164 Å². The maximum atomic E-state index is 7.06. The van der Waals surface area contributed by atoms with Crippen molar-refractivity contribution < 1.29 is 4.42 Å². The topological polar surface area (TPSA) is 56.7 Å². The summed E-state index contributed by atoms with van der Waals surface area (Å²) in [7, 11) is 0. The second kappa shape index (κ2) is 13.8. The molecule has 0 atom stereocenters. The minimum atomic E-state index is 0.582. The minimum absolute atomic E-state index is 0.582. The van der Waals surface area contributed by atoms with E-state index in [-0.39, 0.29) is 0 Å². The van der Waals surface area contributed by atoms with Crippen LogP contribution in [0.2, 0.25) is 0 Å². The summed E-state index contributed by atoms with van der Waals surface area (Å²) in [5, 5.41) is 6.88. The van der Waals surface area contributed by atoms with Crippen molar-refractivity contribution in [3.05, 3.63) is 206 Å². The maximum Gasteiger partial charge on any atom is 0.164 e. The minimum Gasteiger partial charge on any atom is -0.454 e. The van der Waals surface area contributed by atoms with E-state index >= 15 is 0 Å². The van der Waals surface area contributed by atoms with Crippen molar-refractivity contribution in [2.75, 3.05) is 0 Å². The number of aromatic nitrogens is 4. The van der Waals surface area contributed by atoms with Gasteiger partial charge in [0.1, 0.15) is 5.58 Å². The van der Waals surface area contributed by atoms with Crippen molar-refractivity contribution in [1.82, 2.24) is 19.5 Å². The Balaban J connectivity index is 1.09. The molecule has 9 aromatic carbocycles. The molecule has 0 aliphatic heterocycles. The third-order valence-electron chi connectivity index (χ3n) is 11.6. The van der Waals surface area contributed by atoms with Gasteiger partial charge in [-0.05, 0) is 75.5 Å². The molecule has 0 fully saturated rings. The van der Waals surface area contributed by atoms with Gasteiger partial charge in [0.25, 0.3) is 0 Å². The summed E-state index contributed by atoms with van der Waals surface area (Å²) in [6.07, 6.45) is 0. The van der Waals surface area contributed by atoms with Gasteiger partial charge in [0.15, 0.2) is 23.1 Å². The van der Waals surface area contributed by atoms with E-state index in [9.17, 15) is 0 Å². The summed E-state index contributed by atoms with van der Waals surface area (Å²) < 4.78 is 9.45. The van der Waals surface area contributed by atoms with Gasteiger partial charge in [0.2, 0.25) is 0 Å². The molecule has 12 aromatic rings. The quantitative estimate of drug-likeness (QED) is 0.169. The molecule has 280 valence electrons. The van der Waals surface area contributed by atoms with Crippen molar-refractivity contribution in [1.29, 1.82) is 0 Å². The fraction of sp³-hybridized carbons (Fsp3) is 0. The fourth-order valence-corrected chi connectivity index (χ4v) is 8.68. The zero-order valence-corrected chi connectivity index (χ0v) is 32.3. The van der Waals surface area contributed by atoms with Crippen LogP contribution in [0.5, 0.6) is 0 Å². The van der Waals surface area contributed by atoms with Crippen LogP contribution in [0, 0.1) is 0 Å². The first-order valence-electron chi connectivity index (χ1n) is 20.2. The van der Waals surface area contributed by atoms with E-state index in [1.807, 2.05) is 60.7 Å². The van der Waals surface area contributed by atoms with Crippen molar-refractivity contribution >= 4 is 54.5 Å². The number of nitrogens with zero attached hydrogens (tertiary/aromatic N) is 4. The Kier molecular flexibility index (Phi) is 7.78. The van der Waals surface area contributed by atoms with Crippen LogP contribution in [0.1, 0.15) is 0 Å².